The number of anilines is 1. The van der Waals surface area contributed by atoms with Gasteiger partial charge in [0.1, 0.15) is 5.39 Å². The predicted molar refractivity (Wildman–Crippen MR) is 75.5 cm³/mol. The van der Waals surface area contributed by atoms with Crippen molar-refractivity contribution in [1.82, 2.24) is 20.2 Å². The maximum Gasteiger partial charge on any atom is 0.229 e. The van der Waals surface area contributed by atoms with Gasteiger partial charge in [0.05, 0.1) is 12.3 Å². The quantitative estimate of drug-likeness (QED) is 0.803. The van der Waals surface area contributed by atoms with Crippen LogP contribution >= 0.6 is 0 Å². The average Bonchev–Trinajstić information content (AvgIpc) is 2.85. The lowest BCUT2D eigenvalue weighted by Gasteiger charge is -2.14. The molecule has 0 fully saturated rings. The van der Waals surface area contributed by atoms with Crippen molar-refractivity contribution in [2.45, 2.75) is 46.1 Å². The van der Waals surface area contributed by atoms with Crippen LogP contribution < -0.4 is 10.1 Å². The molecule has 1 unspecified atom stereocenters. The minimum absolute atomic E-state index is 0.136. The Morgan fingerprint density at radius 1 is 1.32 bits per heavy atom. The van der Waals surface area contributed by atoms with E-state index in [1.807, 2.05) is 0 Å². The van der Waals surface area contributed by atoms with E-state index in [4.69, 9.17) is 4.74 Å². The number of aromatic amines is 1. The molecule has 2 rings (SSSR count). The molecule has 6 nitrogen and oxygen atoms in total. The summed E-state index contributed by atoms with van der Waals surface area (Å²) in [6.45, 7) is 7.13. The molecule has 2 heterocycles. The lowest BCUT2D eigenvalue weighted by Crippen LogP contribution is -2.13. The third-order valence-electron chi connectivity index (χ3n) is 2.82. The van der Waals surface area contributed by atoms with E-state index in [-0.39, 0.29) is 6.10 Å². The summed E-state index contributed by atoms with van der Waals surface area (Å²) in [5.41, 5.74) is 0.701. The standard InChI is InChI=1S/C13H21N5O/c1-4-6-9(3)19-12-10-8-15-18-11(10)16-13(17-12)14-7-5-2/h8-9H,4-7H2,1-3H3,(H2,14,15,16,17,18). The first-order chi connectivity index (χ1) is 9.24. The van der Waals surface area contributed by atoms with Gasteiger partial charge in [-0.3, -0.25) is 5.10 Å². The zero-order chi connectivity index (χ0) is 13.7. The highest BCUT2D eigenvalue weighted by Crippen LogP contribution is 2.23. The number of nitrogens with zero attached hydrogens (tertiary/aromatic N) is 3. The summed E-state index contributed by atoms with van der Waals surface area (Å²) < 4.78 is 5.90. The first-order valence-corrected chi connectivity index (χ1v) is 6.86. The summed E-state index contributed by atoms with van der Waals surface area (Å²) >= 11 is 0. The monoisotopic (exact) mass is 263 g/mol. The van der Waals surface area contributed by atoms with E-state index < -0.39 is 0 Å². The molecular formula is C13H21N5O. The molecule has 104 valence electrons. The molecule has 0 aliphatic heterocycles. The smallest absolute Gasteiger partial charge is 0.229 e. The number of rotatable bonds is 7. The Kier molecular flexibility index (Phi) is 4.54. The van der Waals surface area contributed by atoms with Crippen molar-refractivity contribution < 1.29 is 4.74 Å². The van der Waals surface area contributed by atoms with Gasteiger partial charge < -0.3 is 10.1 Å². The molecule has 6 heteroatoms. The van der Waals surface area contributed by atoms with E-state index in [9.17, 15) is 0 Å². The molecule has 0 saturated carbocycles. The van der Waals surface area contributed by atoms with E-state index in [2.05, 4.69) is 46.3 Å². The fraction of sp³-hybridized carbons (Fsp3) is 0.615. The Labute approximate surface area is 113 Å². The molecule has 0 aliphatic rings. The Bertz CT molecular complexity index is 525. The third-order valence-corrected chi connectivity index (χ3v) is 2.82. The van der Waals surface area contributed by atoms with Crippen LogP contribution in [0.2, 0.25) is 0 Å². The van der Waals surface area contributed by atoms with Crippen molar-refractivity contribution in [2.75, 3.05) is 11.9 Å². The van der Waals surface area contributed by atoms with Crippen LogP contribution in [0.1, 0.15) is 40.0 Å². The van der Waals surface area contributed by atoms with Gasteiger partial charge in [-0.1, -0.05) is 20.3 Å². The highest BCUT2D eigenvalue weighted by atomic mass is 16.5. The molecule has 0 aliphatic carbocycles. The lowest BCUT2D eigenvalue weighted by atomic mass is 10.2. The largest absolute Gasteiger partial charge is 0.474 e. The van der Waals surface area contributed by atoms with Gasteiger partial charge in [0.2, 0.25) is 11.8 Å². The number of ether oxygens (including phenoxy) is 1. The molecule has 0 spiro atoms. The highest BCUT2D eigenvalue weighted by Gasteiger charge is 2.13. The molecular weight excluding hydrogens is 242 g/mol. The van der Waals surface area contributed by atoms with E-state index in [0.29, 0.717) is 17.5 Å². The fourth-order valence-electron chi connectivity index (χ4n) is 1.87. The maximum atomic E-state index is 5.90. The summed E-state index contributed by atoms with van der Waals surface area (Å²) in [6, 6.07) is 0. The van der Waals surface area contributed by atoms with Crippen LogP contribution in [0.25, 0.3) is 11.0 Å². The number of fused-ring (bicyclic) bond motifs is 1. The van der Waals surface area contributed by atoms with Crippen molar-refractivity contribution in [3.63, 3.8) is 0 Å². The van der Waals surface area contributed by atoms with Gasteiger partial charge in [-0.2, -0.15) is 15.1 Å². The van der Waals surface area contributed by atoms with Gasteiger partial charge in [0.15, 0.2) is 5.65 Å². The molecule has 0 amide bonds. The SMILES string of the molecule is CCCNc1nc(OC(C)CCC)c2cn[nH]c2n1. The van der Waals surface area contributed by atoms with Gasteiger partial charge in [-0.25, -0.2) is 0 Å². The molecule has 2 aromatic rings. The molecule has 0 bridgehead atoms. The van der Waals surface area contributed by atoms with E-state index in [1.165, 1.54) is 0 Å². The van der Waals surface area contributed by atoms with Gasteiger partial charge in [-0.15, -0.1) is 0 Å². The number of hydrogen-bond acceptors (Lipinski definition) is 5. The Hall–Kier alpha value is -1.85. The fourth-order valence-corrected chi connectivity index (χ4v) is 1.87. The lowest BCUT2D eigenvalue weighted by molar-refractivity contribution is 0.204. The van der Waals surface area contributed by atoms with Crippen LogP contribution in [0.15, 0.2) is 6.20 Å². The molecule has 1 atom stereocenters. The molecule has 0 aromatic carbocycles. The first kappa shape index (κ1) is 13.6. The van der Waals surface area contributed by atoms with Crippen LogP contribution in [-0.4, -0.2) is 32.8 Å². The van der Waals surface area contributed by atoms with Gasteiger partial charge >= 0.3 is 0 Å². The average molecular weight is 263 g/mol. The molecule has 19 heavy (non-hydrogen) atoms. The first-order valence-electron chi connectivity index (χ1n) is 6.86. The zero-order valence-corrected chi connectivity index (χ0v) is 11.7. The Morgan fingerprint density at radius 3 is 2.89 bits per heavy atom. The number of aromatic nitrogens is 4. The Balaban J connectivity index is 2.25. The van der Waals surface area contributed by atoms with Gasteiger partial charge in [-0.05, 0) is 19.8 Å². The van der Waals surface area contributed by atoms with Crippen LogP contribution in [0.4, 0.5) is 5.95 Å². The minimum Gasteiger partial charge on any atom is -0.474 e. The normalized spacial score (nSPS) is 12.6. The minimum atomic E-state index is 0.136. The van der Waals surface area contributed by atoms with E-state index >= 15 is 0 Å². The molecule has 0 saturated heterocycles. The van der Waals surface area contributed by atoms with Crippen molar-refractivity contribution >= 4 is 17.0 Å². The summed E-state index contributed by atoms with van der Waals surface area (Å²) in [4.78, 5) is 8.79. The third kappa shape index (κ3) is 3.33. The Morgan fingerprint density at radius 2 is 2.16 bits per heavy atom. The van der Waals surface area contributed by atoms with Gasteiger partial charge in [0.25, 0.3) is 0 Å². The second-order valence-electron chi connectivity index (χ2n) is 4.63. The summed E-state index contributed by atoms with van der Waals surface area (Å²) in [6.07, 6.45) is 4.94. The molecule has 2 N–H and O–H groups in total. The number of H-pyrrole nitrogens is 1. The highest BCUT2D eigenvalue weighted by molar-refractivity contribution is 5.80. The number of nitrogens with one attached hydrogen (secondary N) is 2. The summed E-state index contributed by atoms with van der Waals surface area (Å²) in [5, 5.41) is 10.9. The topological polar surface area (TPSA) is 75.7 Å². The summed E-state index contributed by atoms with van der Waals surface area (Å²) in [5.74, 6) is 1.18. The van der Waals surface area contributed by atoms with Crippen molar-refractivity contribution in [3.05, 3.63) is 6.20 Å². The van der Waals surface area contributed by atoms with Crippen LogP contribution in [-0.2, 0) is 0 Å². The predicted octanol–water partition coefficient (Wildman–Crippen LogP) is 2.74. The maximum absolute atomic E-state index is 5.90. The van der Waals surface area contributed by atoms with Crippen LogP contribution in [0.3, 0.4) is 0 Å². The van der Waals surface area contributed by atoms with E-state index in [0.717, 1.165) is 31.2 Å². The molecule has 2 aromatic heterocycles. The van der Waals surface area contributed by atoms with Crippen LogP contribution in [0.5, 0.6) is 5.88 Å². The van der Waals surface area contributed by atoms with Gasteiger partial charge in [0, 0.05) is 6.54 Å². The zero-order valence-electron chi connectivity index (χ0n) is 11.7. The number of hydrogen-bond donors (Lipinski definition) is 2. The summed E-state index contributed by atoms with van der Waals surface area (Å²) in [7, 11) is 0. The van der Waals surface area contributed by atoms with Crippen molar-refractivity contribution in [2.24, 2.45) is 0 Å². The second kappa shape index (κ2) is 6.36. The molecule has 0 radical (unpaired) electrons. The van der Waals surface area contributed by atoms with Crippen LogP contribution in [0, 0.1) is 0 Å². The van der Waals surface area contributed by atoms with Crippen molar-refractivity contribution in [3.8, 4) is 5.88 Å². The van der Waals surface area contributed by atoms with E-state index in [1.54, 1.807) is 6.20 Å². The van der Waals surface area contributed by atoms with Crippen molar-refractivity contribution in [1.29, 1.82) is 0 Å². The second-order valence-corrected chi connectivity index (χ2v) is 4.63.